The van der Waals surface area contributed by atoms with Crippen LogP contribution < -0.4 is 0 Å². The first-order valence-electron chi connectivity index (χ1n) is 4.27. The number of hydrogen-bond acceptors (Lipinski definition) is 4. The lowest BCUT2D eigenvalue weighted by Crippen LogP contribution is -2.05. The lowest BCUT2D eigenvalue weighted by molar-refractivity contribution is 0.0600. The lowest BCUT2D eigenvalue weighted by Gasteiger charge is -2.05. The lowest BCUT2D eigenvalue weighted by atomic mass is 9.92. The molecule has 14 heavy (non-hydrogen) atoms. The topological polar surface area (TPSA) is 55.7 Å². The number of carbonyl (C=O) groups is 1. The number of esters is 1. The monoisotopic (exact) mass is 191 g/mol. The molecule has 0 aliphatic carbocycles. The van der Waals surface area contributed by atoms with Gasteiger partial charge in [-0.15, -0.1) is 4.91 Å². The molecule has 4 nitrogen and oxygen atoms in total. The summed E-state index contributed by atoms with van der Waals surface area (Å²) in [6, 6.07) is 4.65. The number of methoxy groups -OCH3 is 1. The quantitative estimate of drug-likeness (QED) is 0.406. The summed E-state index contributed by atoms with van der Waals surface area (Å²) in [6.45, 7) is 0. The molecule has 0 saturated heterocycles. The standard InChI is InChI=1S/C9H10BNO3/c1-14-9(12)8-3-2-7(11-13)4-6(8)5-10/h2-4H,5,10H2,1H3. The van der Waals surface area contributed by atoms with Crippen LogP contribution in [0.2, 0.25) is 0 Å². The Balaban J connectivity index is 3.17. The van der Waals surface area contributed by atoms with Crippen LogP contribution in [0.1, 0.15) is 15.9 Å². The summed E-state index contributed by atoms with van der Waals surface area (Å²) in [6.07, 6.45) is 0.661. The number of hydrogen-bond donors (Lipinski definition) is 0. The molecular formula is C9H10BNO3. The van der Waals surface area contributed by atoms with Gasteiger partial charge in [0.25, 0.3) is 0 Å². The Bertz CT molecular complexity index is 365. The number of rotatable bonds is 3. The highest BCUT2D eigenvalue weighted by molar-refractivity contribution is 6.09. The molecule has 0 spiro atoms. The van der Waals surface area contributed by atoms with E-state index in [4.69, 9.17) is 0 Å². The summed E-state index contributed by atoms with van der Waals surface area (Å²) in [5, 5.41) is 2.80. The SMILES string of the molecule is BCc1cc(N=O)ccc1C(=O)OC. The van der Waals surface area contributed by atoms with Gasteiger partial charge in [0.2, 0.25) is 0 Å². The van der Waals surface area contributed by atoms with Crippen molar-refractivity contribution < 1.29 is 9.53 Å². The van der Waals surface area contributed by atoms with Gasteiger partial charge in [-0.3, -0.25) is 0 Å². The number of ether oxygens (including phenoxy) is 1. The number of nitrogens with zero attached hydrogens (tertiary/aromatic N) is 1. The molecule has 0 atom stereocenters. The first-order valence-corrected chi connectivity index (χ1v) is 4.27. The maximum Gasteiger partial charge on any atom is 0.338 e. The molecular weight excluding hydrogens is 181 g/mol. The van der Waals surface area contributed by atoms with Gasteiger partial charge in [-0.2, -0.15) is 0 Å². The Labute approximate surface area is 82.6 Å². The van der Waals surface area contributed by atoms with E-state index in [2.05, 4.69) is 9.91 Å². The van der Waals surface area contributed by atoms with E-state index in [0.717, 1.165) is 5.56 Å². The van der Waals surface area contributed by atoms with Crippen molar-refractivity contribution in [2.75, 3.05) is 7.11 Å². The smallest absolute Gasteiger partial charge is 0.338 e. The van der Waals surface area contributed by atoms with Crippen LogP contribution >= 0.6 is 0 Å². The fourth-order valence-corrected chi connectivity index (χ4v) is 1.24. The zero-order chi connectivity index (χ0) is 10.6. The van der Waals surface area contributed by atoms with Crippen molar-refractivity contribution in [3.05, 3.63) is 34.2 Å². The first-order chi connectivity index (χ1) is 6.72. The fourth-order valence-electron chi connectivity index (χ4n) is 1.24. The molecule has 0 aliphatic rings. The summed E-state index contributed by atoms with van der Waals surface area (Å²) < 4.78 is 4.60. The van der Waals surface area contributed by atoms with Gasteiger partial charge in [-0.05, 0) is 28.9 Å². The molecule has 0 radical (unpaired) electrons. The van der Waals surface area contributed by atoms with Gasteiger partial charge in [0, 0.05) is 0 Å². The third kappa shape index (κ3) is 1.99. The van der Waals surface area contributed by atoms with E-state index in [1.807, 2.05) is 7.85 Å². The average Bonchev–Trinajstić information content (AvgIpc) is 2.27. The van der Waals surface area contributed by atoms with Crippen molar-refractivity contribution in [3.8, 4) is 0 Å². The summed E-state index contributed by atoms with van der Waals surface area (Å²) in [5.74, 6) is -0.390. The van der Waals surface area contributed by atoms with Crippen LogP contribution in [0, 0.1) is 4.91 Å². The molecule has 0 aromatic heterocycles. The first kappa shape index (κ1) is 10.4. The van der Waals surface area contributed by atoms with Crippen LogP contribution in [-0.2, 0) is 11.1 Å². The molecule has 0 bridgehead atoms. The maximum atomic E-state index is 11.3. The highest BCUT2D eigenvalue weighted by atomic mass is 16.5. The van der Waals surface area contributed by atoms with Crippen LogP contribution in [0.3, 0.4) is 0 Å². The molecule has 0 aliphatic heterocycles. The third-order valence-electron chi connectivity index (χ3n) is 1.98. The van der Waals surface area contributed by atoms with E-state index < -0.39 is 0 Å². The van der Waals surface area contributed by atoms with Crippen molar-refractivity contribution in [2.45, 2.75) is 6.32 Å². The molecule has 0 fully saturated rings. The predicted molar refractivity (Wildman–Crippen MR) is 55.5 cm³/mol. The zero-order valence-electron chi connectivity index (χ0n) is 8.11. The summed E-state index contributed by atoms with van der Waals surface area (Å²) in [5.41, 5.74) is 1.59. The van der Waals surface area contributed by atoms with Gasteiger partial charge >= 0.3 is 5.97 Å². The van der Waals surface area contributed by atoms with Crippen molar-refractivity contribution in [3.63, 3.8) is 0 Å². The number of carbonyl (C=O) groups excluding carboxylic acids is 1. The molecule has 72 valence electrons. The van der Waals surface area contributed by atoms with E-state index in [9.17, 15) is 9.70 Å². The average molecular weight is 191 g/mol. The largest absolute Gasteiger partial charge is 0.465 e. The fraction of sp³-hybridized carbons (Fsp3) is 0.222. The van der Waals surface area contributed by atoms with E-state index in [-0.39, 0.29) is 5.97 Å². The molecule has 5 heteroatoms. The van der Waals surface area contributed by atoms with E-state index >= 15 is 0 Å². The van der Waals surface area contributed by atoms with Crippen molar-refractivity contribution >= 4 is 19.5 Å². The second-order valence-corrected chi connectivity index (χ2v) is 2.78. The van der Waals surface area contributed by atoms with Crippen LogP contribution in [0.5, 0.6) is 0 Å². The van der Waals surface area contributed by atoms with Crippen LogP contribution in [-0.4, -0.2) is 20.9 Å². The van der Waals surface area contributed by atoms with Gasteiger partial charge in [0.15, 0.2) is 0 Å². The molecule has 0 saturated carbocycles. The summed E-state index contributed by atoms with van der Waals surface area (Å²) in [7, 11) is 3.23. The molecule has 0 heterocycles. The molecule has 1 aromatic rings. The van der Waals surface area contributed by atoms with E-state index in [1.54, 1.807) is 12.1 Å². The predicted octanol–water partition coefficient (Wildman–Crippen LogP) is 1.00. The van der Waals surface area contributed by atoms with Crippen LogP contribution in [0.15, 0.2) is 23.4 Å². The van der Waals surface area contributed by atoms with Crippen LogP contribution in [0.4, 0.5) is 5.69 Å². The summed E-state index contributed by atoms with van der Waals surface area (Å²) in [4.78, 5) is 21.5. The zero-order valence-corrected chi connectivity index (χ0v) is 8.11. The maximum absolute atomic E-state index is 11.3. The Morgan fingerprint density at radius 1 is 1.57 bits per heavy atom. The minimum Gasteiger partial charge on any atom is -0.465 e. The van der Waals surface area contributed by atoms with Crippen LogP contribution in [0.25, 0.3) is 0 Å². The van der Waals surface area contributed by atoms with Crippen molar-refractivity contribution in [1.82, 2.24) is 0 Å². The number of benzene rings is 1. The summed E-state index contributed by atoms with van der Waals surface area (Å²) >= 11 is 0. The molecule has 1 rings (SSSR count). The molecule has 1 aromatic carbocycles. The molecule has 0 N–H and O–H groups in total. The Hall–Kier alpha value is -1.65. The number of nitroso groups, excluding NO2 is 1. The normalized spacial score (nSPS) is 9.50. The highest BCUT2D eigenvalue weighted by Crippen LogP contribution is 2.18. The minimum atomic E-state index is -0.390. The second kappa shape index (κ2) is 4.55. The second-order valence-electron chi connectivity index (χ2n) is 2.78. The Morgan fingerprint density at radius 3 is 2.79 bits per heavy atom. The third-order valence-corrected chi connectivity index (χ3v) is 1.98. The Kier molecular flexibility index (Phi) is 3.39. The van der Waals surface area contributed by atoms with Crippen molar-refractivity contribution in [1.29, 1.82) is 0 Å². The molecule has 0 unspecified atom stereocenters. The van der Waals surface area contributed by atoms with Gasteiger partial charge in [-0.25, -0.2) is 4.79 Å². The van der Waals surface area contributed by atoms with E-state index in [1.165, 1.54) is 13.2 Å². The highest BCUT2D eigenvalue weighted by Gasteiger charge is 2.10. The van der Waals surface area contributed by atoms with E-state index in [0.29, 0.717) is 17.6 Å². The molecule has 0 amide bonds. The van der Waals surface area contributed by atoms with Crippen molar-refractivity contribution in [2.24, 2.45) is 5.18 Å². The van der Waals surface area contributed by atoms with Gasteiger partial charge in [-0.1, -0.05) is 6.32 Å². The minimum absolute atomic E-state index is 0.328. The van der Waals surface area contributed by atoms with Gasteiger partial charge in [0.1, 0.15) is 13.5 Å². The van der Waals surface area contributed by atoms with Gasteiger partial charge in [0.05, 0.1) is 12.7 Å². The van der Waals surface area contributed by atoms with Gasteiger partial charge < -0.3 is 4.74 Å². The Morgan fingerprint density at radius 2 is 2.29 bits per heavy atom.